The predicted molar refractivity (Wildman–Crippen MR) is 122 cm³/mol. The topological polar surface area (TPSA) is 0 Å². The van der Waals surface area contributed by atoms with Crippen LogP contribution >= 0.6 is 0 Å². The molecule has 28 heavy (non-hydrogen) atoms. The van der Waals surface area contributed by atoms with Crippen molar-refractivity contribution in [2.45, 2.75) is 0 Å². The van der Waals surface area contributed by atoms with Gasteiger partial charge in [-0.2, -0.15) is 0 Å². The van der Waals surface area contributed by atoms with E-state index in [0.29, 0.717) is 0 Å². The summed E-state index contributed by atoms with van der Waals surface area (Å²) in [7, 11) is 0. The monoisotopic (exact) mass is 356 g/mol. The minimum absolute atomic E-state index is 1.28. The molecule has 0 spiro atoms. The number of benzene rings is 6. The third-order valence-corrected chi connectivity index (χ3v) is 5.28. The molecule has 0 heterocycles. The van der Waals surface area contributed by atoms with Gasteiger partial charge < -0.3 is 0 Å². The molecule has 0 aliphatic heterocycles. The van der Waals surface area contributed by atoms with E-state index < -0.39 is 0 Å². The molecular formula is C28H20. The number of hydrogen-bond acceptors (Lipinski definition) is 0. The largest absolute Gasteiger partial charge is 0.0623 e. The van der Waals surface area contributed by atoms with Gasteiger partial charge in [0.1, 0.15) is 0 Å². The lowest BCUT2D eigenvalue weighted by Crippen LogP contribution is -1.86. The van der Waals surface area contributed by atoms with Gasteiger partial charge >= 0.3 is 0 Å². The average Bonchev–Trinajstić information content (AvgIpc) is 2.79. The van der Waals surface area contributed by atoms with Crippen molar-refractivity contribution in [2.24, 2.45) is 0 Å². The zero-order chi connectivity index (χ0) is 18.8. The van der Waals surface area contributed by atoms with E-state index in [1.54, 1.807) is 0 Å². The van der Waals surface area contributed by atoms with Gasteiger partial charge in [-0.1, -0.05) is 121 Å². The Balaban J connectivity index is 0.000000246. The van der Waals surface area contributed by atoms with E-state index in [1.165, 1.54) is 43.4 Å². The van der Waals surface area contributed by atoms with E-state index in [9.17, 15) is 0 Å². The molecule has 0 N–H and O–H groups in total. The minimum atomic E-state index is 1.28. The van der Waals surface area contributed by atoms with Gasteiger partial charge in [0.15, 0.2) is 0 Å². The van der Waals surface area contributed by atoms with Crippen LogP contribution in [0.15, 0.2) is 121 Å². The van der Waals surface area contributed by atoms with E-state index in [1.807, 2.05) is 36.4 Å². The van der Waals surface area contributed by atoms with Crippen molar-refractivity contribution in [3.63, 3.8) is 0 Å². The zero-order valence-corrected chi connectivity index (χ0v) is 15.5. The molecule has 0 aliphatic carbocycles. The molecule has 0 saturated heterocycles. The van der Waals surface area contributed by atoms with Gasteiger partial charge in [0.25, 0.3) is 0 Å². The van der Waals surface area contributed by atoms with E-state index >= 15 is 0 Å². The Morgan fingerprint density at radius 3 is 1.46 bits per heavy atom. The fourth-order valence-electron chi connectivity index (χ4n) is 3.99. The molecule has 132 valence electrons. The Morgan fingerprint density at radius 1 is 0.321 bits per heavy atom. The van der Waals surface area contributed by atoms with Crippen molar-refractivity contribution in [1.29, 1.82) is 0 Å². The highest BCUT2D eigenvalue weighted by Crippen LogP contribution is 2.38. The molecule has 0 unspecified atom stereocenters. The molecule has 6 aromatic rings. The van der Waals surface area contributed by atoms with E-state index in [4.69, 9.17) is 0 Å². The van der Waals surface area contributed by atoms with Crippen molar-refractivity contribution in [2.75, 3.05) is 0 Å². The maximum Gasteiger partial charge on any atom is -0.00206 e. The van der Waals surface area contributed by atoms with Gasteiger partial charge in [0.05, 0.1) is 0 Å². The third-order valence-electron chi connectivity index (χ3n) is 5.28. The summed E-state index contributed by atoms with van der Waals surface area (Å²) in [6.07, 6.45) is 0. The van der Waals surface area contributed by atoms with Crippen LogP contribution in [0.3, 0.4) is 0 Å². The molecule has 0 heteroatoms. The molecule has 0 atom stereocenters. The van der Waals surface area contributed by atoms with Gasteiger partial charge in [-0.25, -0.2) is 0 Å². The van der Waals surface area contributed by atoms with E-state index in [0.717, 1.165) is 0 Å². The summed E-state index contributed by atoms with van der Waals surface area (Å²) in [5.74, 6) is 0. The SMILES string of the molecule is c1ccc(-c2ccc3ccc4cccc5ccc2c3c45)cc1.c1ccccc1. The average molecular weight is 356 g/mol. The first-order valence-electron chi connectivity index (χ1n) is 9.64. The fourth-order valence-corrected chi connectivity index (χ4v) is 3.99. The highest BCUT2D eigenvalue weighted by Gasteiger charge is 2.11. The van der Waals surface area contributed by atoms with Crippen LogP contribution in [0.1, 0.15) is 0 Å². The van der Waals surface area contributed by atoms with Crippen LogP contribution in [0.2, 0.25) is 0 Å². The molecule has 6 aromatic carbocycles. The molecular weight excluding hydrogens is 336 g/mol. The lowest BCUT2D eigenvalue weighted by atomic mass is 9.90. The van der Waals surface area contributed by atoms with Crippen LogP contribution in [0.5, 0.6) is 0 Å². The van der Waals surface area contributed by atoms with Crippen molar-refractivity contribution in [3.05, 3.63) is 121 Å². The van der Waals surface area contributed by atoms with Crippen LogP contribution in [-0.4, -0.2) is 0 Å². The Morgan fingerprint density at radius 2 is 0.821 bits per heavy atom. The Kier molecular flexibility index (Phi) is 4.23. The Hall–Kier alpha value is -3.64. The van der Waals surface area contributed by atoms with Crippen molar-refractivity contribution in [1.82, 2.24) is 0 Å². The van der Waals surface area contributed by atoms with Gasteiger partial charge in [-0.3, -0.25) is 0 Å². The van der Waals surface area contributed by atoms with Crippen LogP contribution in [-0.2, 0) is 0 Å². The summed E-state index contributed by atoms with van der Waals surface area (Å²) in [6, 6.07) is 42.7. The quantitative estimate of drug-likeness (QED) is 0.262. The van der Waals surface area contributed by atoms with Gasteiger partial charge in [0.2, 0.25) is 0 Å². The smallest absolute Gasteiger partial charge is 0.00206 e. The van der Waals surface area contributed by atoms with Crippen molar-refractivity contribution in [3.8, 4) is 11.1 Å². The summed E-state index contributed by atoms with van der Waals surface area (Å²) in [6.45, 7) is 0. The highest BCUT2D eigenvalue weighted by molar-refractivity contribution is 6.25. The van der Waals surface area contributed by atoms with Gasteiger partial charge in [0, 0.05) is 0 Å². The molecule has 0 amide bonds. The molecule has 6 rings (SSSR count). The standard InChI is InChI=1S/C22H14.C6H6/c1-2-5-15(6-3-1)19-13-11-18-10-9-16-7-4-8-17-12-14-20(19)22(18)21(16)17;1-2-4-6-5-3-1/h1-14H;1-6H. The minimum Gasteiger partial charge on any atom is -0.0623 e. The van der Waals surface area contributed by atoms with Crippen molar-refractivity contribution < 1.29 is 0 Å². The van der Waals surface area contributed by atoms with Crippen LogP contribution in [0, 0.1) is 0 Å². The number of hydrogen-bond donors (Lipinski definition) is 0. The summed E-state index contributed by atoms with van der Waals surface area (Å²) >= 11 is 0. The van der Waals surface area contributed by atoms with Crippen LogP contribution < -0.4 is 0 Å². The number of rotatable bonds is 1. The normalized spacial score (nSPS) is 10.9. The first-order valence-corrected chi connectivity index (χ1v) is 9.64. The van der Waals surface area contributed by atoms with Gasteiger partial charge in [-0.05, 0) is 43.4 Å². The molecule has 0 aromatic heterocycles. The van der Waals surface area contributed by atoms with E-state index in [-0.39, 0.29) is 0 Å². The summed E-state index contributed by atoms with van der Waals surface area (Å²) in [5, 5.41) is 8.07. The second-order valence-corrected chi connectivity index (χ2v) is 6.99. The highest BCUT2D eigenvalue weighted by atomic mass is 14.1. The fraction of sp³-hybridized carbons (Fsp3) is 0. The molecule has 0 bridgehead atoms. The molecule has 0 nitrogen and oxygen atoms in total. The molecule has 0 saturated carbocycles. The first kappa shape index (κ1) is 16.5. The van der Waals surface area contributed by atoms with Crippen LogP contribution in [0.4, 0.5) is 0 Å². The Bertz CT molecular complexity index is 1290. The van der Waals surface area contributed by atoms with E-state index in [2.05, 4.69) is 84.9 Å². The first-order chi connectivity index (χ1) is 13.9. The lowest BCUT2D eigenvalue weighted by Gasteiger charge is -2.14. The maximum atomic E-state index is 2.27. The molecule has 0 aliphatic rings. The lowest BCUT2D eigenvalue weighted by molar-refractivity contribution is 1.66. The summed E-state index contributed by atoms with van der Waals surface area (Å²) in [5.41, 5.74) is 2.59. The predicted octanol–water partition coefficient (Wildman–Crippen LogP) is 7.94. The molecule has 0 fully saturated rings. The van der Waals surface area contributed by atoms with Crippen LogP contribution in [0.25, 0.3) is 43.4 Å². The summed E-state index contributed by atoms with van der Waals surface area (Å²) < 4.78 is 0. The zero-order valence-electron chi connectivity index (χ0n) is 15.5. The maximum absolute atomic E-state index is 2.27. The third kappa shape index (κ3) is 2.90. The summed E-state index contributed by atoms with van der Waals surface area (Å²) in [4.78, 5) is 0. The Labute approximate surface area is 165 Å². The van der Waals surface area contributed by atoms with Crippen molar-refractivity contribution >= 4 is 32.3 Å². The second kappa shape index (κ2) is 7.17. The second-order valence-electron chi connectivity index (χ2n) is 6.99. The van der Waals surface area contributed by atoms with Gasteiger partial charge in [-0.15, -0.1) is 0 Å². The molecule has 0 radical (unpaired) electrons.